The van der Waals surface area contributed by atoms with E-state index in [1.165, 1.54) is 50.8 Å². The normalized spacial score (nSPS) is 32.4. The van der Waals surface area contributed by atoms with E-state index >= 15 is 0 Å². The van der Waals surface area contributed by atoms with Gasteiger partial charge < -0.3 is 15.2 Å². The van der Waals surface area contributed by atoms with Gasteiger partial charge in [0.25, 0.3) is 0 Å². The molecule has 1 aromatic rings. The van der Waals surface area contributed by atoms with Crippen LogP contribution in [0.15, 0.2) is 24.3 Å². The van der Waals surface area contributed by atoms with Gasteiger partial charge in [0.1, 0.15) is 5.75 Å². The van der Waals surface area contributed by atoms with Crippen molar-refractivity contribution in [1.29, 1.82) is 0 Å². The van der Waals surface area contributed by atoms with Gasteiger partial charge in [-0.3, -0.25) is 4.90 Å². The van der Waals surface area contributed by atoms with E-state index in [1.54, 1.807) is 7.11 Å². The monoisotopic (exact) mass is 372 g/mol. The van der Waals surface area contributed by atoms with Crippen molar-refractivity contribution < 1.29 is 9.47 Å². The Morgan fingerprint density at radius 3 is 2.56 bits per heavy atom. The molecule has 2 saturated carbocycles. The standard InChI is InChI=1S/C23H36N2O2/c1-26-23-7-3-2-5-20(23)18-10-12-19(13-11-18)27-16-22-21(24)6-4-14-25(22)15-17-8-9-17/h2-3,5,7,17-19,21-22H,4,6,8-16,24H2,1H3/t18-,19+,21?,22-/m0/s1. The van der Waals surface area contributed by atoms with Crippen LogP contribution in [0.3, 0.4) is 0 Å². The number of methoxy groups -OCH3 is 1. The van der Waals surface area contributed by atoms with Gasteiger partial charge in [0, 0.05) is 18.6 Å². The van der Waals surface area contributed by atoms with Gasteiger partial charge in [-0.05, 0) is 81.4 Å². The summed E-state index contributed by atoms with van der Waals surface area (Å²) in [6, 6.07) is 9.18. The van der Waals surface area contributed by atoms with E-state index in [-0.39, 0.29) is 6.04 Å². The van der Waals surface area contributed by atoms with Crippen molar-refractivity contribution in [2.24, 2.45) is 11.7 Å². The van der Waals surface area contributed by atoms with E-state index in [0.29, 0.717) is 18.1 Å². The highest BCUT2D eigenvalue weighted by atomic mass is 16.5. The molecule has 2 aliphatic carbocycles. The molecule has 150 valence electrons. The summed E-state index contributed by atoms with van der Waals surface area (Å²) in [6.07, 6.45) is 10.3. The van der Waals surface area contributed by atoms with Crippen molar-refractivity contribution in [3.8, 4) is 5.75 Å². The highest BCUT2D eigenvalue weighted by Crippen LogP contribution is 2.38. The summed E-state index contributed by atoms with van der Waals surface area (Å²) >= 11 is 0. The first-order valence-corrected chi connectivity index (χ1v) is 11.0. The van der Waals surface area contributed by atoms with Crippen LogP contribution in [0.25, 0.3) is 0 Å². The van der Waals surface area contributed by atoms with E-state index in [2.05, 4.69) is 29.2 Å². The van der Waals surface area contributed by atoms with Gasteiger partial charge in [0.15, 0.2) is 0 Å². The lowest BCUT2D eigenvalue weighted by Gasteiger charge is -2.41. The highest BCUT2D eigenvalue weighted by Gasteiger charge is 2.34. The third-order valence-corrected chi connectivity index (χ3v) is 6.89. The Morgan fingerprint density at radius 1 is 1.04 bits per heavy atom. The maximum absolute atomic E-state index is 6.48. The largest absolute Gasteiger partial charge is 0.496 e. The first-order chi connectivity index (χ1) is 13.2. The number of rotatable bonds is 7. The fraction of sp³-hybridized carbons (Fsp3) is 0.739. The Hall–Kier alpha value is -1.10. The molecule has 1 heterocycles. The second-order valence-corrected chi connectivity index (χ2v) is 8.86. The summed E-state index contributed by atoms with van der Waals surface area (Å²) in [7, 11) is 1.77. The number of benzene rings is 1. The summed E-state index contributed by atoms with van der Waals surface area (Å²) < 4.78 is 12.0. The quantitative estimate of drug-likeness (QED) is 0.787. The molecular formula is C23H36N2O2. The number of hydrogen-bond donors (Lipinski definition) is 1. The molecule has 3 fully saturated rings. The van der Waals surface area contributed by atoms with Crippen LogP contribution in [-0.2, 0) is 4.74 Å². The molecule has 4 nitrogen and oxygen atoms in total. The Bertz CT molecular complexity index is 596. The number of nitrogens with two attached hydrogens (primary N) is 1. The second-order valence-electron chi connectivity index (χ2n) is 8.86. The van der Waals surface area contributed by atoms with Crippen molar-refractivity contribution in [3.05, 3.63) is 29.8 Å². The molecular weight excluding hydrogens is 336 g/mol. The minimum atomic E-state index is 0.280. The summed E-state index contributed by atoms with van der Waals surface area (Å²) in [5, 5.41) is 0. The van der Waals surface area contributed by atoms with Crippen molar-refractivity contribution in [1.82, 2.24) is 4.90 Å². The van der Waals surface area contributed by atoms with Crippen molar-refractivity contribution >= 4 is 0 Å². The van der Waals surface area contributed by atoms with Crippen LogP contribution in [0.1, 0.15) is 62.8 Å². The number of piperidine rings is 1. The van der Waals surface area contributed by atoms with Crippen molar-refractivity contribution in [2.75, 3.05) is 26.8 Å². The molecule has 0 radical (unpaired) electrons. The van der Waals surface area contributed by atoms with Crippen LogP contribution < -0.4 is 10.5 Å². The fourth-order valence-corrected chi connectivity index (χ4v) is 5.03. The van der Waals surface area contributed by atoms with E-state index in [9.17, 15) is 0 Å². The van der Waals surface area contributed by atoms with Crippen LogP contribution in [0.4, 0.5) is 0 Å². The lowest BCUT2D eigenvalue weighted by atomic mass is 9.82. The Morgan fingerprint density at radius 2 is 1.81 bits per heavy atom. The van der Waals surface area contributed by atoms with Crippen LogP contribution in [0.2, 0.25) is 0 Å². The second kappa shape index (κ2) is 8.93. The lowest BCUT2D eigenvalue weighted by molar-refractivity contribution is -0.0267. The molecule has 0 spiro atoms. The highest BCUT2D eigenvalue weighted by molar-refractivity contribution is 5.36. The van der Waals surface area contributed by atoms with E-state index in [0.717, 1.165) is 37.5 Å². The maximum atomic E-state index is 6.48. The molecule has 3 aliphatic rings. The molecule has 1 aromatic carbocycles. The van der Waals surface area contributed by atoms with Gasteiger partial charge in [-0.2, -0.15) is 0 Å². The Labute approximate surface area is 164 Å². The average molecular weight is 373 g/mol. The molecule has 2 atom stereocenters. The number of para-hydroxylation sites is 1. The van der Waals surface area contributed by atoms with Crippen molar-refractivity contribution in [3.63, 3.8) is 0 Å². The molecule has 1 saturated heterocycles. The van der Waals surface area contributed by atoms with Gasteiger partial charge in [0.05, 0.1) is 19.8 Å². The minimum Gasteiger partial charge on any atom is -0.496 e. The summed E-state index contributed by atoms with van der Waals surface area (Å²) in [4.78, 5) is 2.63. The third-order valence-electron chi connectivity index (χ3n) is 6.89. The van der Waals surface area contributed by atoms with Crippen LogP contribution >= 0.6 is 0 Å². The van der Waals surface area contributed by atoms with E-state index in [4.69, 9.17) is 15.2 Å². The number of ether oxygens (including phenoxy) is 2. The zero-order chi connectivity index (χ0) is 18.6. The van der Waals surface area contributed by atoms with Gasteiger partial charge in [-0.15, -0.1) is 0 Å². The average Bonchev–Trinajstić information content (AvgIpc) is 3.52. The van der Waals surface area contributed by atoms with Gasteiger partial charge in [-0.25, -0.2) is 0 Å². The van der Waals surface area contributed by atoms with Crippen molar-refractivity contribution in [2.45, 2.75) is 75.5 Å². The van der Waals surface area contributed by atoms with Crippen LogP contribution in [-0.4, -0.2) is 49.9 Å². The smallest absolute Gasteiger partial charge is 0.122 e. The number of nitrogens with zero attached hydrogens (tertiary/aromatic N) is 1. The summed E-state index contributed by atoms with van der Waals surface area (Å²) in [5.41, 5.74) is 7.84. The van der Waals surface area contributed by atoms with Gasteiger partial charge in [-0.1, -0.05) is 18.2 Å². The number of likely N-dealkylation sites (tertiary alicyclic amines) is 1. The zero-order valence-corrected chi connectivity index (χ0v) is 16.8. The first-order valence-electron chi connectivity index (χ1n) is 11.0. The summed E-state index contributed by atoms with van der Waals surface area (Å²) in [5.74, 6) is 2.56. The van der Waals surface area contributed by atoms with Crippen LogP contribution in [0, 0.1) is 5.92 Å². The topological polar surface area (TPSA) is 47.7 Å². The number of hydrogen-bond acceptors (Lipinski definition) is 4. The van der Waals surface area contributed by atoms with E-state index < -0.39 is 0 Å². The van der Waals surface area contributed by atoms with Gasteiger partial charge in [0.2, 0.25) is 0 Å². The van der Waals surface area contributed by atoms with Crippen LogP contribution in [0.5, 0.6) is 5.75 Å². The Balaban J connectivity index is 1.27. The molecule has 1 unspecified atom stereocenters. The molecule has 4 heteroatoms. The van der Waals surface area contributed by atoms with E-state index in [1.807, 2.05) is 0 Å². The predicted octanol–water partition coefficient (Wildman–Crippen LogP) is 3.94. The zero-order valence-electron chi connectivity index (χ0n) is 16.8. The SMILES string of the molecule is COc1ccccc1[C@H]1CC[C@@H](OC[C@H]2C(N)CCCN2CC2CC2)CC1. The minimum absolute atomic E-state index is 0.280. The molecule has 1 aliphatic heterocycles. The molecule has 27 heavy (non-hydrogen) atoms. The first kappa shape index (κ1) is 19.2. The molecule has 0 aromatic heterocycles. The molecule has 0 amide bonds. The maximum Gasteiger partial charge on any atom is 0.122 e. The molecule has 0 bridgehead atoms. The molecule has 4 rings (SSSR count). The fourth-order valence-electron chi connectivity index (χ4n) is 5.03. The molecule has 2 N–H and O–H groups in total. The summed E-state index contributed by atoms with van der Waals surface area (Å²) in [6.45, 7) is 3.26. The Kier molecular flexibility index (Phi) is 6.36. The third kappa shape index (κ3) is 4.85. The van der Waals surface area contributed by atoms with Gasteiger partial charge >= 0.3 is 0 Å². The lowest BCUT2D eigenvalue weighted by Crippen LogP contribution is -2.55. The predicted molar refractivity (Wildman–Crippen MR) is 109 cm³/mol.